The molecule has 6 aliphatic carbocycles. The summed E-state index contributed by atoms with van der Waals surface area (Å²) in [4.78, 5) is 0. The monoisotopic (exact) mass is 594 g/mol. The maximum absolute atomic E-state index is 2.69. The van der Waals surface area contributed by atoms with Crippen LogP contribution in [0.25, 0.3) is 0 Å². The van der Waals surface area contributed by atoms with E-state index in [0.717, 1.165) is 29.6 Å². The van der Waals surface area contributed by atoms with Crippen LogP contribution < -0.4 is 0 Å². The van der Waals surface area contributed by atoms with Gasteiger partial charge in [0.1, 0.15) is 0 Å². The van der Waals surface area contributed by atoms with Crippen molar-refractivity contribution in [3.8, 4) is 0 Å². The zero-order valence-electron chi connectivity index (χ0n) is 22.4. The Hall–Kier alpha value is -0.830. The first-order chi connectivity index (χ1) is 17.7. The maximum atomic E-state index is 2.69. The lowest BCUT2D eigenvalue weighted by atomic mass is 9.58. The van der Waals surface area contributed by atoms with Gasteiger partial charge in [-0.05, 0) is 130 Å². The number of hydrogen-bond donors (Lipinski definition) is 0. The van der Waals surface area contributed by atoms with Crippen molar-refractivity contribution in [3.05, 3.63) is 69.4 Å². The molecule has 5 atom stereocenters. The molecule has 0 aromatic heterocycles. The van der Waals surface area contributed by atoms with Gasteiger partial charge in [0.05, 0.1) is 0 Å². The second-order valence-corrected chi connectivity index (χ2v) is 14.5. The molecule has 0 aromatic rings. The highest BCUT2D eigenvalue weighted by atomic mass is 127. The van der Waals surface area contributed by atoms with E-state index in [1.807, 2.05) is 0 Å². The summed E-state index contributed by atoms with van der Waals surface area (Å²) in [6.45, 7) is 0. The Bertz CT molecular complexity index is 963. The third-order valence-electron chi connectivity index (χ3n) is 11.2. The quantitative estimate of drug-likeness (QED) is 0.184. The van der Waals surface area contributed by atoms with Crippen LogP contribution in [0.2, 0.25) is 0 Å². The van der Waals surface area contributed by atoms with Gasteiger partial charge in [0.2, 0.25) is 0 Å². The van der Waals surface area contributed by atoms with Gasteiger partial charge in [-0.1, -0.05) is 99.6 Å². The lowest BCUT2D eigenvalue weighted by Crippen LogP contribution is -2.37. The molecule has 6 rings (SSSR count). The van der Waals surface area contributed by atoms with E-state index in [1.54, 1.807) is 14.7 Å². The first-order valence-electron chi connectivity index (χ1n) is 15.4. The van der Waals surface area contributed by atoms with Crippen molar-refractivity contribution in [2.45, 2.75) is 103 Å². The molecule has 5 unspecified atom stereocenters. The fourth-order valence-electron chi connectivity index (χ4n) is 8.78. The summed E-state index contributed by atoms with van der Waals surface area (Å²) in [5.41, 5.74) is 3.77. The zero-order chi connectivity index (χ0) is 24.4. The van der Waals surface area contributed by atoms with Crippen LogP contribution in [-0.2, 0) is 0 Å². The van der Waals surface area contributed by atoms with Crippen molar-refractivity contribution in [3.63, 3.8) is 0 Å². The molecule has 194 valence electrons. The first kappa shape index (κ1) is 25.4. The summed E-state index contributed by atoms with van der Waals surface area (Å²) in [6, 6.07) is 0. The van der Waals surface area contributed by atoms with Crippen molar-refractivity contribution in [2.75, 3.05) is 0 Å². The van der Waals surface area contributed by atoms with Crippen LogP contribution in [0.5, 0.6) is 0 Å². The van der Waals surface area contributed by atoms with Gasteiger partial charge in [-0.2, -0.15) is 0 Å². The molecular formula is C35H47I. The van der Waals surface area contributed by atoms with Crippen LogP contribution in [0.4, 0.5) is 0 Å². The molecule has 0 radical (unpaired) electrons. The van der Waals surface area contributed by atoms with Gasteiger partial charge in [-0.25, -0.2) is 0 Å². The fraction of sp³-hybridized carbons (Fsp3) is 0.657. The van der Waals surface area contributed by atoms with Crippen molar-refractivity contribution in [2.24, 2.45) is 40.9 Å². The van der Waals surface area contributed by atoms with E-state index < -0.39 is 0 Å². The lowest BCUT2D eigenvalue weighted by molar-refractivity contribution is 0.0563. The minimum atomic E-state index is 0.455. The van der Waals surface area contributed by atoms with E-state index >= 15 is 0 Å². The molecule has 36 heavy (non-hydrogen) atoms. The highest BCUT2D eigenvalue weighted by Gasteiger charge is 2.45. The molecule has 0 spiro atoms. The highest BCUT2D eigenvalue weighted by Crippen LogP contribution is 2.56. The summed E-state index contributed by atoms with van der Waals surface area (Å²) in [6.07, 6.45) is 45.1. The molecule has 1 heteroatoms. The van der Waals surface area contributed by atoms with Crippen LogP contribution >= 0.6 is 22.6 Å². The van der Waals surface area contributed by atoms with Crippen molar-refractivity contribution in [1.82, 2.24) is 0 Å². The largest absolute Gasteiger partial charge is 0.0805 e. The Labute approximate surface area is 234 Å². The molecule has 0 heterocycles. The number of allylic oxidation sites excluding steroid dienone is 12. The molecule has 3 saturated carbocycles. The lowest BCUT2D eigenvalue weighted by Gasteiger charge is -2.47. The van der Waals surface area contributed by atoms with Crippen LogP contribution in [0.15, 0.2) is 69.4 Å². The summed E-state index contributed by atoms with van der Waals surface area (Å²) in [5.74, 6) is 5.28. The Balaban J connectivity index is 1.33. The molecule has 0 N–H and O–H groups in total. The van der Waals surface area contributed by atoms with Crippen LogP contribution in [0, 0.1) is 40.9 Å². The predicted molar refractivity (Wildman–Crippen MR) is 163 cm³/mol. The molecule has 0 bridgehead atoms. The van der Waals surface area contributed by atoms with Gasteiger partial charge in [0.15, 0.2) is 0 Å². The average molecular weight is 595 g/mol. The molecule has 3 fully saturated rings. The molecule has 0 saturated heterocycles. The average Bonchev–Trinajstić information content (AvgIpc) is 3.58. The van der Waals surface area contributed by atoms with E-state index in [-0.39, 0.29) is 0 Å². The van der Waals surface area contributed by atoms with E-state index in [1.165, 1.54) is 103 Å². The molecule has 0 amide bonds. The van der Waals surface area contributed by atoms with Crippen LogP contribution in [0.3, 0.4) is 0 Å². The van der Waals surface area contributed by atoms with Crippen LogP contribution in [-0.4, -0.2) is 0 Å². The molecule has 0 aliphatic heterocycles. The second-order valence-electron chi connectivity index (χ2n) is 13.3. The van der Waals surface area contributed by atoms with Gasteiger partial charge < -0.3 is 0 Å². The van der Waals surface area contributed by atoms with Crippen molar-refractivity contribution >= 4 is 22.6 Å². The van der Waals surface area contributed by atoms with Gasteiger partial charge in [-0.15, -0.1) is 0 Å². The Kier molecular flexibility index (Phi) is 8.13. The maximum Gasteiger partial charge on any atom is 0.00846 e. The van der Waals surface area contributed by atoms with Gasteiger partial charge in [0, 0.05) is 5.92 Å². The Morgan fingerprint density at radius 1 is 0.889 bits per heavy atom. The summed E-state index contributed by atoms with van der Waals surface area (Å²) >= 11 is 2.65. The Morgan fingerprint density at radius 3 is 2.39 bits per heavy atom. The topological polar surface area (TPSA) is 0 Å². The van der Waals surface area contributed by atoms with E-state index in [2.05, 4.69) is 77.3 Å². The summed E-state index contributed by atoms with van der Waals surface area (Å²) in [5, 5.41) is 0. The second kappa shape index (κ2) is 11.5. The molecule has 6 aliphatic rings. The molecule has 0 aromatic carbocycles. The van der Waals surface area contributed by atoms with E-state index in [9.17, 15) is 0 Å². The number of halogens is 1. The Morgan fingerprint density at radius 2 is 1.75 bits per heavy atom. The fourth-order valence-corrected chi connectivity index (χ4v) is 9.42. The van der Waals surface area contributed by atoms with Crippen molar-refractivity contribution < 1.29 is 0 Å². The standard InChI is InChI=1S/C35H47I/c36-34-17-7-16-31(34)25-35(24-27-10-6-11-27,21-20-26-8-5-9-26)33-19-18-30(28-12-1-2-13-28)22-32(23-33)29-14-3-4-15-29/h3,5,7-8,14-17,20,27-28,30-33H,1-2,4,6,9-13,18-19,21-25H2/b26-20-. The molecular weight excluding hydrogens is 547 g/mol. The predicted octanol–water partition coefficient (Wildman–Crippen LogP) is 10.8. The number of hydrogen-bond acceptors (Lipinski definition) is 0. The third kappa shape index (κ3) is 5.62. The minimum absolute atomic E-state index is 0.455. The zero-order valence-corrected chi connectivity index (χ0v) is 24.5. The SMILES string of the molecule is IC1=CC=CC1CC(C/C=C1/C=CC1)(CC1CCC1)C1CCC(C2CCCC2)CC(C2=CCC=C2)C1. The minimum Gasteiger partial charge on any atom is -0.0805 e. The van der Waals surface area contributed by atoms with Gasteiger partial charge in [0.25, 0.3) is 0 Å². The highest BCUT2D eigenvalue weighted by molar-refractivity contribution is 14.1. The van der Waals surface area contributed by atoms with E-state index in [0.29, 0.717) is 11.3 Å². The summed E-state index contributed by atoms with van der Waals surface area (Å²) < 4.78 is 1.58. The van der Waals surface area contributed by atoms with Crippen molar-refractivity contribution in [1.29, 1.82) is 0 Å². The third-order valence-corrected chi connectivity index (χ3v) is 12.4. The van der Waals surface area contributed by atoms with Crippen LogP contribution in [0.1, 0.15) is 103 Å². The summed E-state index contributed by atoms with van der Waals surface area (Å²) in [7, 11) is 0. The van der Waals surface area contributed by atoms with Gasteiger partial charge in [-0.3, -0.25) is 0 Å². The molecule has 0 nitrogen and oxygen atoms in total. The van der Waals surface area contributed by atoms with Gasteiger partial charge >= 0.3 is 0 Å². The van der Waals surface area contributed by atoms with E-state index in [4.69, 9.17) is 0 Å². The smallest absolute Gasteiger partial charge is 0.00846 e. The first-order valence-corrected chi connectivity index (χ1v) is 16.5. The normalized spacial score (nSPS) is 35.4. The number of rotatable bonds is 9.